The molecule has 4 rings (SSSR count). The number of hydrogen-bond donors (Lipinski definition) is 1. The number of nitrogens with one attached hydrogen (secondary N) is 1. The van der Waals surface area contributed by atoms with Crippen LogP contribution in [-0.2, 0) is 5.54 Å². The van der Waals surface area contributed by atoms with Crippen LogP contribution in [-0.4, -0.2) is 6.54 Å². The van der Waals surface area contributed by atoms with Crippen molar-refractivity contribution in [3.63, 3.8) is 0 Å². The quantitative estimate of drug-likeness (QED) is 0.726. The zero-order valence-electron chi connectivity index (χ0n) is 7.49. The largest absolute Gasteiger partial charge is 0.307 e. The van der Waals surface area contributed by atoms with Gasteiger partial charge in [-0.15, -0.1) is 12.4 Å². The summed E-state index contributed by atoms with van der Waals surface area (Å²) < 4.78 is 0. The number of halogens is 1. The van der Waals surface area contributed by atoms with Crippen LogP contribution in [0.4, 0.5) is 0 Å². The molecule has 2 heterocycles. The van der Waals surface area contributed by atoms with Gasteiger partial charge < -0.3 is 5.32 Å². The minimum absolute atomic E-state index is 0. The average Bonchev–Trinajstić information content (AvgIpc) is 2.63. The monoisotopic (exact) mass is 195 g/mol. The lowest BCUT2D eigenvalue weighted by atomic mass is 9.70. The van der Waals surface area contributed by atoms with E-state index < -0.39 is 0 Å². The average molecular weight is 196 g/mol. The Bertz CT molecular complexity index is 285. The van der Waals surface area contributed by atoms with Crippen molar-refractivity contribution in [1.29, 1.82) is 0 Å². The molecule has 1 N–H and O–H groups in total. The van der Waals surface area contributed by atoms with Gasteiger partial charge in [-0.05, 0) is 30.9 Å². The van der Waals surface area contributed by atoms with Gasteiger partial charge in [-0.2, -0.15) is 0 Å². The Labute approximate surface area is 84.9 Å². The van der Waals surface area contributed by atoms with E-state index in [0.717, 1.165) is 5.92 Å². The third-order valence-electron chi connectivity index (χ3n) is 3.33. The van der Waals surface area contributed by atoms with Gasteiger partial charge in [0, 0.05) is 5.54 Å². The number of rotatable bonds is 1. The summed E-state index contributed by atoms with van der Waals surface area (Å²) >= 11 is 0. The number of fused-ring (bicyclic) bond motifs is 1. The molecule has 2 saturated heterocycles. The van der Waals surface area contributed by atoms with Gasteiger partial charge in [-0.25, -0.2) is 0 Å². The predicted molar refractivity (Wildman–Crippen MR) is 56.1 cm³/mol. The first-order valence-electron chi connectivity index (χ1n) is 4.70. The van der Waals surface area contributed by atoms with Crippen molar-refractivity contribution in [1.82, 2.24) is 5.32 Å². The minimum atomic E-state index is 0. The molecular weight excluding hydrogens is 182 g/mol. The number of benzene rings is 1. The van der Waals surface area contributed by atoms with Crippen LogP contribution in [0.15, 0.2) is 30.3 Å². The first-order valence-corrected chi connectivity index (χ1v) is 4.70. The molecule has 3 fully saturated rings. The van der Waals surface area contributed by atoms with E-state index in [1.54, 1.807) is 0 Å². The Balaban J connectivity index is 0.000000653. The highest BCUT2D eigenvalue weighted by Gasteiger charge is 2.50. The summed E-state index contributed by atoms with van der Waals surface area (Å²) in [5.74, 6) is 0.963. The van der Waals surface area contributed by atoms with Crippen LogP contribution in [0, 0.1) is 5.92 Å². The SMILES string of the molecule is Cl.c1ccc(C23CC(CN2)C3)cc1. The van der Waals surface area contributed by atoms with Crippen LogP contribution >= 0.6 is 12.4 Å². The normalized spacial score (nSPS) is 34.9. The van der Waals surface area contributed by atoms with Crippen LogP contribution in [0.3, 0.4) is 0 Å². The van der Waals surface area contributed by atoms with Crippen LogP contribution in [0.2, 0.25) is 0 Å². The lowest BCUT2D eigenvalue weighted by molar-refractivity contribution is 0.229. The Hall–Kier alpha value is -0.530. The zero-order chi connectivity index (χ0) is 8.02. The highest BCUT2D eigenvalue weighted by Crippen LogP contribution is 2.50. The maximum atomic E-state index is 3.62. The molecule has 0 unspecified atom stereocenters. The van der Waals surface area contributed by atoms with Gasteiger partial charge in [0.15, 0.2) is 0 Å². The van der Waals surface area contributed by atoms with Crippen molar-refractivity contribution < 1.29 is 0 Å². The van der Waals surface area contributed by atoms with E-state index in [9.17, 15) is 0 Å². The van der Waals surface area contributed by atoms with Gasteiger partial charge in [0.2, 0.25) is 0 Å². The lowest BCUT2D eigenvalue weighted by Crippen LogP contribution is -2.39. The van der Waals surface area contributed by atoms with Crippen LogP contribution < -0.4 is 5.32 Å². The van der Waals surface area contributed by atoms with E-state index >= 15 is 0 Å². The molecule has 3 aliphatic rings. The van der Waals surface area contributed by atoms with Crippen molar-refractivity contribution in [2.24, 2.45) is 5.92 Å². The fourth-order valence-electron chi connectivity index (χ4n) is 2.65. The lowest BCUT2D eigenvalue weighted by Gasteiger charge is -2.38. The molecule has 1 aliphatic carbocycles. The van der Waals surface area contributed by atoms with E-state index in [-0.39, 0.29) is 12.4 Å². The summed E-state index contributed by atoms with van der Waals surface area (Å²) in [6, 6.07) is 10.9. The summed E-state index contributed by atoms with van der Waals surface area (Å²) in [4.78, 5) is 0. The molecule has 1 aromatic carbocycles. The highest BCUT2D eigenvalue weighted by molar-refractivity contribution is 5.85. The summed E-state index contributed by atoms with van der Waals surface area (Å²) in [7, 11) is 0. The second-order valence-corrected chi connectivity index (χ2v) is 4.10. The summed E-state index contributed by atoms with van der Waals surface area (Å²) in [5.41, 5.74) is 1.87. The number of hydrogen-bond acceptors (Lipinski definition) is 1. The molecule has 1 saturated carbocycles. The van der Waals surface area contributed by atoms with E-state index in [0.29, 0.717) is 5.54 Å². The Morgan fingerprint density at radius 2 is 1.85 bits per heavy atom. The molecule has 0 atom stereocenters. The summed E-state index contributed by atoms with van der Waals surface area (Å²) in [5, 5.41) is 3.62. The highest BCUT2D eigenvalue weighted by atomic mass is 35.5. The van der Waals surface area contributed by atoms with E-state index in [2.05, 4.69) is 35.6 Å². The van der Waals surface area contributed by atoms with Gasteiger partial charge in [-0.3, -0.25) is 0 Å². The van der Waals surface area contributed by atoms with Gasteiger partial charge in [0.25, 0.3) is 0 Å². The van der Waals surface area contributed by atoms with Crippen molar-refractivity contribution in [2.45, 2.75) is 18.4 Å². The molecule has 70 valence electrons. The Morgan fingerprint density at radius 3 is 2.38 bits per heavy atom. The second-order valence-electron chi connectivity index (χ2n) is 4.10. The van der Waals surface area contributed by atoms with Gasteiger partial charge in [-0.1, -0.05) is 30.3 Å². The van der Waals surface area contributed by atoms with Crippen molar-refractivity contribution in [3.8, 4) is 0 Å². The van der Waals surface area contributed by atoms with Crippen LogP contribution in [0.25, 0.3) is 0 Å². The van der Waals surface area contributed by atoms with E-state index in [1.165, 1.54) is 24.9 Å². The van der Waals surface area contributed by atoms with Gasteiger partial charge in [0.05, 0.1) is 0 Å². The topological polar surface area (TPSA) is 12.0 Å². The summed E-state index contributed by atoms with van der Waals surface area (Å²) in [6.07, 6.45) is 2.72. The molecule has 1 nitrogen and oxygen atoms in total. The van der Waals surface area contributed by atoms with Crippen molar-refractivity contribution in [3.05, 3.63) is 35.9 Å². The van der Waals surface area contributed by atoms with Crippen LogP contribution in [0.1, 0.15) is 18.4 Å². The molecule has 13 heavy (non-hydrogen) atoms. The predicted octanol–water partition coefficient (Wildman–Crippen LogP) is 2.32. The van der Waals surface area contributed by atoms with E-state index in [4.69, 9.17) is 0 Å². The molecule has 2 aliphatic heterocycles. The Morgan fingerprint density at radius 1 is 1.15 bits per heavy atom. The molecule has 2 heteroatoms. The zero-order valence-corrected chi connectivity index (χ0v) is 8.31. The molecular formula is C11H14ClN. The fourth-order valence-corrected chi connectivity index (χ4v) is 2.65. The minimum Gasteiger partial charge on any atom is -0.307 e. The molecule has 0 aromatic heterocycles. The first-order chi connectivity index (χ1) is 5.89. The second kappa shape index (κ2) is 3.00. The maximum Gasteiger partial charge on any atom is 0.0441 e. The molecule has 2 bridgehead atoms. The standard InChI is InChI=1S/C11H13N.ClH/c1-2-4-10(5-3-1)11-6-9(7-11)8-12-11;/h1-5,9,12H,6-8H2;1H. The third-order valence-corrected chi connectivity index (χ3v) is 3.33. The summed E-state index contributed by atoms with van der Waals surface area (Å²) in [6.45, 7) is 1.23. The molecule has 0 spiro atoms. The maximum absolute atomic E-state index is 3.62. The molecule has 0 radical (unpaired) electrons. The van der Waals surface area contributed by atoms with Gasteiger partial charge in [0.1, 0.15) is 0 Å². The first kappa shape index (κ1) is 9.04. The van der Waals surface area contributed by atoms with E-state index in [1.807, 2.05) is 0 Å². The van der Waals surface area contributed by atoms with Crippen LogP contribution in [0.5, 0.6) is 0 Å². The Kier molecular flexibility index (Phi) is 2.09. The fraction of sp³-hybridized carbons (Fsp3) is 0.455. The molecule has 1 aromatic rings. The van der Waals surface area contributed by atoms with Crippen molar-refractivity contribution >= 4 is 12.4 Å². The van der Waals surface area contributed by atoms with Crippen molar-refractivity contribution in [2.75, 3.05) is 6.54 Å². The third kappa shape index (κ3) is 1.18. The smallest absolute Gasteiger partial charge is 0.0441 e. The van der Waals surface area contributed by atoms with Gasteiger partial charge >= 0.3 is 0 Å². The molecule has 0 amide bonds.